The van der Waals surface area contributed by atoms with Gasteiger partial charge in [0.1, 0.15) is 24.6 Å². The van der Waals surface area contributed by atoms with Crippen LogP contribution in [0.4, 0.5) is 9.18 Å². The smallest absolute Gasteiger partial charge is 0.407 e. The van der Waals surface area contributed by atoms with E-state index in [1.165, 1.54) is 12.1 Å². The van der Waals surface area contributed by atoms with Gasteiger partial charge in [0, 0.05) is 18.0 Å². The lowest BCUT2D eigenvalue weighted by Crippen LogP contribution is -2.36. The van der Waals surface area contributed by atoms with E-state index in [-0.39, 0.29) is 36.6 Å². The Morgan fingerprint density at radius 1 is 1.06 bits per heavy atom. The van der Waals surface area contributed by atoms with Crippen molar-refractivity contribution in [3.8, 4) is 17.2 Å². The summed E-state index contributed by atoms with van der Waals surface area (Å²) in [5.41, 5.74) is 4.77. The molecule has 2 unspecified atom stereocenters. The van der Waals surface area contributed by atoms with Crippen LogP contribution in [0.25, 0.3) is 11.1 Å². The highest BCUT2D eigenvalue weighted by atomic mass is 19.1. The molecule has 2 atom stereocenters. The molecule has 6 nitrogen and oxygen atoms in total. The van der Waals surface area contributed by atoms with Gasteiger partial charge in [-0.1, -0.05) is 60.7 Å². The zero-order valence-corrected chi connectivity index (χ0v) is 17.7. The van der Waals surface area contributed by atoms with Crippen LogP contribution in [0.2, 0.25) is 0 Å². The molecule has 0 spiro atoms. The molecule has 7 heteroatoms. The number of hydrogen-bond donors (Lipinski definition) is 3. The number of nitrogens with zero attached hydrogens (tertiary/aromatic N) is 1. The molecule has 0 aromatic heterocycles. The fourth-order valence-electron chi connectivity index (χ4n) is 4.15. The molecule has 33 heavy (non-hydrogen) atoms. The van der Waals surface area contributed by atoms with E-state index >= 15 is 0 Å². The van der Waals surface area contributed by atoms with Crippen LogP contribution in [-0.2, 0) is 11.2 Å². The molecule has 0 radical (unpaired) electrons. The van der Waals surface area contributed by atoms with Crippen LogP contribution in [0.5, 0.6) is 0 Å². The third-order valence-electron chi connectivity index (χ3n) is 5.85. The van der Waals surface area contributed by atoms with E-state index in [0.717, 1.165) is 28.3 Å². The number of halogens is 1. The Hall–Kier alpha value is -3.73. The highest BCUT2D eigenvalue weighted by molar-refractivity contribution is 5.79. The molecular weight excluding hydrogens is 423 g/mol. The number of benzene rings is 3. The summed E-state index contributed by atoms with van der Waals surface area (Å²) in [4.78, 5) is 12.2. The van der Waals surface area contributed by atoms with E-state index in [1.54, 1.807) is 0 Å². The lowest BCUT2D eigenvalue weighted by molar-refractivity contribution is 0.0184. The summed E-state index contributed by atoms with van der Waals surface area (Å²) >= 11 is 0. The Morgan fingerprint density at radius 3 is 2.30 bits per heavy atom. The molecule has 3 aromatic carbocycles. The van der Waals surface area contributed by atoms with Crippen molar-refractivity contribution in [1.29, 1.82) is 5.26 Å². The SMILES string of the molecule is N#CCc1ccc(C(O)C(O)CNC(=O)OCC2c3ccccc3-c3ccccc32)cc1F. The largest absolute Gasteiger partial charge is 0.449 e. The summed E-state index contributed by atoms with van der Waals surface area (Å²) in [6, 6.07) is 21.7. The highest BCUT2D eigenvalue weighted by Crippen LogP contribution is 2.44. The Balaban J connectivity index is 1.33. The first-order valence-corrected chi connectivity index (χ1v) is 10.6. The number of aliphatic hydroxyl groups is 2. The summed E-state index contributed by atoms with van der Waals surface area (Å²) in [5.74, 6) is -0.724. The first-order chi connectivity index (χ1) is 16.0. The average molecular weight is 446 g/mol. The van der Waals surface area contributed by atoms with E-state index in [9.17, 15) is 19.4 Å². The normalized spacial score (nSPS) is 14.0. The minimum absolute atomic E-state index is 0.0892. The molecule has 3 N–H and O–H groups in total. The Bertz CT molecular complexity index is 1160. The highest BCUT2D eigenvalue weighted by Gasteiger charge is 2.29. The maximum Gasteiger partial charge on any atom is 0.407 e. The number of carbonyl (C=O) groups is 1. The maximum atomic E-state index is 14.0. The van der Waals surface area contributed by atoms with Crippen LogP contribution in [-0.4, -0.2) is 35.6 Å². The van der Waals surface area contributed by atoms with Gasteiger partial charge in [-0.15, -0.1) is 0 Å². The summed E-state index contributed by atoms with van der Waals surface area (Å²) < 4.78 is 19.4. The predicted octanol–water partition coefficient (Wildman–Crippen LogP) is 3.82. The van der Waals surface area contributed by atoms with Crippen LogP contribution >= 0.6 is 0 Å². The number of alkyl carbamates (subject to hydrolysis) is 1. The first-order valence-electron chi connectivity index (χ1n) is 10.6. The maximum absolute atomic E-state index is 14.0. The third kappa shape index (κ3) is 4.72. The molecule has 1 aliphatic carbocycles. The van der Waals surface area contributed by atoms with Crippen molar-refractivity contribution in [2.24, 2.45) is 0 Å². The minimum Gasteiger partial charge on any atom is -0.449 e. The molecule has 1 aliphatic rings. The van der Waals surface area contributed by atoms with Crippen molar-refractivity contribution in [3.63, 3.8) is 0 Å². The van der Waals surface area contributed by atoms with Gasteiger partial charge in [-0.25, -0.2) is 9.18 Å². The van der Waals surface area contributed by atoms with Gasteiger partial charge in [-0.05, 0) is 33.9 Å². The number of carbonyl (C=O) groups excluding carboxylic acids is 1. The van der Waals surface area contributed by atoms with Crippen molar-refractivity contribution in [2.75, 3.05) is 13.2 Å². The molecule has 168 valence electrons. The van der Waals surface area contributed by atoms with Gasteiger partial charge in [-0.3, -0.25) is 0 Å². The van der Waals surface area contributed by atoms with Crippen LogP contribution in [0.1, 0.15) is 34.3 Å². The first kappa shape index (κ1) is 22.5. The van der Waals surface area contributed by atoms with Gasteiger partial charge in [0.2, 0.25) is 0 Å². The third-order valence-corrected chi connectivity index (χ3v) is 5.85. The van der Waals surface area contributed by atoms with Crippen molar-refractivity contribution in [3.05, 3.63) is 94.8 Å². The summed E-state index contributed by atoms with van der Waals surface area (Å²) in [6.07, 6.45) is -3.59. The van der Waals surface area contributed by atoms with Crippen LogP contribution in [0.15, 0.2) is 66.7 Å². The lowest BCUT2D eigenvalue weighted by atomic mass is 9.98. The number of amides is 1. The quantitative estimate of drug-likeness (QED) is 0.512. The van der Waals surface area contributed by atoms with Crippen LogP contribution < -0.4 is 5.32 Å². The van der Waals surface area contributed by atoms with E-state index < -0.39 is 24.1 Å². The zero-order valence-electron chi connectivity index (χ0n) is 17.7. The molecule has 3 aromatic rings. The van der Waals surface area contributed by atoms with Gasteiger partial charge in [0.25, 0.3) is 0 Å². The fraction of sp³-hybridized carbons (Fsp3) is 0.231. The second-order valence-corrected chi connectivity index (χ2v) is 7.90. The summed E-state index contributed by atoms with van der Waals surface area (Å²) in [5, 5.41) is 31.7. The monoisotopic (exact) mass is 446 g/mol. The van der Waals surface area contributed by atoms with Crippen LogP contribution in [0.3, 0.4) is 0 Å². The second kappa shape index (κ2) is 9.82. The molecule has 0 fully saturated rings. The van der Waals surface area contributed by atoms with E-state index in [2.05, 4.69) is 5.32 Å². The van der Waals surface area contributed by atoms with E-state index in [4.69, 9.17) is 10.00 Å². The van der Waals surface area contributed by atoms with Crippen LogP contribution in [0, 0.1) is 17.1 Å². The second-order valence-electron chi connectivity index (χ2n) is 7.90. The molecular formula is C26H23FN2O4. The topological polar surface area (TPSA) is 103 Å². The van der Waals surface area contributed by atoms with Crippen molar-refractivity contribution < 1.29 is 24.1 Å². The van der Waals surface area contributed by atoms with Gasteiger partial charge in [0.15, 0.2) is 0 Å². The van der Waals surface area contributed by atoms with E-state index in [0.29, 0.717) is 0 Å². The summed E-state index contributed by atoms with van der Waals surface area (Å²) in [6.45, 7) is -0.149. The fourth-order valence-corrected chi connectivity index (χ4v) is 4.15. The number of hydrogen-bond acceptors (Lipinski definition) is 5. The molecule has 0 bridgehead atoms. The number of fused-ring (bicyclic) bond motifs is 3. The molecule has 1 amide bonds. The number of nitrogens with one attached hydrogen (secondary N) is 1. The number of nitriles is 1. The zero-order chi connectivity index (χ0) is 23.4. The Kier molecular flexibility index (Phi) is 6.68. The van der Waals surface area contributed by atoms with Gasteiger partial charge in [0.05, 0.1) is 12.5 Å². The predicted molar refractivity (Wildman–Crippen MR) is 120 cm³/mol. The van der Waals surface area contributed by atoms with Gasteiger partial charge < -0.3 is 20.3 Å². The van der Waals surface area contributed by atoms with E-state index in [1.807, 2.05) is 54.6 Å². The molecule has 0 saturated carbocycles. The summed E-state index contributed by atoms with van der Waals surface area (Å²) in [7, 11) is 0. The molecule has 0 aliphatic heterocycles. The Labute approximate surface area is 190 Å². The van der Waals surface area contributed by atoms with Crippen molar-refractivity contribution in [2.45, 2.75) is 24.5 Å². The number of aliphatic hydroxyl groups excluding tert-OH is 2. The molecule has 0 heterocycles. The standard InChI is InChI=1S/C26H23FN2O4/c27-23-13-17(10-9-16(23)11-12-28)25(31)24(30)14-29-26(32)33-15-22-20-7-3-1-5-18(20)19-6-2-4-8-21(19)22/h1-10,13,22,24-25,30-31H,11,14-15H2,(H,29,32). The number of ether oxygens (including phenoxy) is 1. The molecule has 4 rings (SSSR count). The van der Waals surface area contributed by atoms with Crippen molar-refractivity contribution in [1.82, 2.24) is 5.32 Å². The Morgan fingerprint density at radius 2 is 1.70 bits per heavy atom. The minimum atomic E-state index is -1.41. The molecule has 0 saturated heterocycles. The van der Waals surface area contributed by atoms with Crippen molar-refractivity contribution >= 4 is 6.09 Å². The van der Waals surface area contributed by atoms with Gasteiger partial charge >= 0.3 is 6.09 Å². The van der Waals surface area contributed by atoms with Gasteiger partial charge in [-0.2, -0.15) is 5.26 Å². The lowest BCUT2D eigenvalue weighted by Gasteiger charge is -2.20. The average Bonchev–Trinajstić information content (AvgIpc) is 3.16. The number of rotatable bonds is 7.